The van der Waals surface area contributed by atoms with Gasteiger partial charge in [-0.1, -0.05) is 12.1 Å². The quantitative estimate of drug-likeness (QED) is 0.641. The van der Waals surface area contributed by atoms with Crippen molar-refractivity contribution in [2.45, 2.75) is 33.1 Å². The molecule has 0 atom stereocenters. The fraction of sp³-hybridized carbons (Fsp3) is 0.250. The molecule has 0 aliphatic rings. The van der Waals surface area contributed by atoms with Crippen LogP contribution in [0.2, 0.25) is 0 Å². The number of benzene rings is 1. The van der Waals surface area contributed by atoms with E-state index < -0.39 is 23.9 Å². The zero-order chi connectivity index (χ0) is 20.6. The summed E-state index contributed by atoms with van der Waals surface area (Å²) in [5, 5.41) is 9.49. The Morgan fingerprint density at radius 2 is 1.89 bits per heavy atom. The molecule has 0 aliphatic heterocycles. The van der Waals surface area contributed by atoms with Gasteiger partial charge in [-0.25, -0.2) is 0 Å². The minimum absolute atomic E-state index is 0.103. The van der Waals surface area contributed by atoms with E-state index in [9.17, 15) is 28.0 Å². The smallest absolute Gasteiger partial charge is 0.339 e. The third kappa shape index (κ3) is 3.56. The number of nitriles is 1. The first kappa shape index (κ1) is 19.4. The Kier molecular flexibility index (Phi) is 4.86. The Hall–Kier alpha value is -3.34. The fourth-order valence-corrected chi connectivity index (χ4v) is 3.30. The molecular formula is C20H16F3N3O2. The van der Waals surface area contributed by atoms with Crippen molar-refractivity contribution in [1.29, 1.82) is 5.26 Å². The lowest BCUT2D eigenvalue weighted by atomic mass is 10.1. The number of carbonyl (C=O) groups excluding carboxylic acids is 1. The third-order valence-electron chi connectivity index (χ3n) is 4.63. The van der Waals surface area contributed by atoms with Gasteiger partial charge in [0.05, 0.1) is 12.1 Å². The van der Waals surface area contributed by atoms with Crippen LogP contribution in [-0.2, 0) is 13.1 Å². The maximum absolute atomic E-state index is 12.8. The van der Waals surface area contributed by atoms with Gasteiger partial charge in [0.15, 0.2) is 5.78 Å². The van der Waals surface area contributed by atoms with Gasteiger partial charge in [-0.2, -0.15) is 18.4 Å². The number of Topliss-reactive ketones (excluding diaryl/α,β-unsaturated/α-hetero) is 1. The monoisotopic (exact) mass is 387 g/mol. The van der Waals surface area contributed by atoms with E-state index in [1.54, 1.807) is 24.3 Å². The Morgan fingerprint density at radius 1 is 1.21 bits per heavy atom. The molecule has 144 valence electrons. The number of hydrogen-bond donors (Lipinski definition) is 0. The van der Waals surface area contributed by atoms with E-state index in [1.165, 1.54) is 30.7 Å². The molecule has 3 rings (SSSR count). The van der Waals surface area contributed by atoms with E-state index >= 15 is 0 Å². The van der Waals surface area contributed by atoms with E-state index in [0.717, 1.165) is 4.57 Å². The van der Waals surface area contributed by atoms with Crippen molar-refractivity contribution in [3.8, 4) is 6.07 Å². The van der Waals surface area contributed by atoms with E-state index in [1.807, 2.05) is 6.07 Å². The highest BCUT2D eigenvalue weighted by molar-refractivity contribution is 5.98. The van der Waals surface area contributed by atoms with E-state index in [-0.39, 0.29) is 23.4 Å². The molecule has 5 nitrogen and oxygen atoms in total. The molecular weight excluding hydrogens is 371 g/mol. The van der Waals surface area contributed by atoms with Crippen molar-refractivity contribution in [1.82, 2.24) is 9.13 Å². The summed E-state index contributed by atoms with van der Waals surface area (Å²) >= 11 is 0. The minimum atomic E-state index is -4.40. The van der Waals surface area contributed by atoms with Gasteiger partial charge < -0.3 is 9.13 Å². The van der Waals surface area contributed by atoms with Crippen molar-refractivity contribution in [3.63, 3.8) is 0 Å². The molecule has 2 aromatic heterocycles. The SMILES string of the molecule is Cc1cc(C(=O)Cn2cc(C#N)c(=O)c3ccccc32)c(C)n1CC(F)(F)F. The van der Waals surface area contributed by atoms with Crippen LogP contribution in [0.25, 0.3) is 10.9 Å². The number of carbonyl (C=O) groups is 1. The van der Waals surface area contributed by atoms with Crippen LogP contribution in [0.1, 0.15) is 27.3 Å². The molecule has 1 aromatic carbocycles. The highest BCUT2D eigenvalue weighted by Gasteiger charge is 2.30. The predicted octanol–water partition coefficient (Wildman–Crippen LogP) is 3.74. The number of pyridine rings is 1. The van der Waals surface area contributed by atoms with Gasteiger partial charge in [-0.15, -0.1) is 0 Å². The number of alkyl halides is 3. The molecule has 28 heavy (non-hydrogen) atoms. The molecule has 0 fully saturated rings. The van der Waals surface area contributed by atoms with Crippen LogP contribution in [0.4, 0.5) is 13.2 Å². The normalized spacial score (nSPS) is 11.6. The average molecular weight is 387 g/mol. The number of aryl methyl sites for hydroxylation is 1. The molecule has 0 N–H and O–H groups in total. The number of para-hydroxylation sites is 1. The first-order valence-corrected chi connectivity index (χ1v) is 8.41. The van der Waals surface area contributed by atoms with Gasteiger partial charge in [0.25, 0.3) is 0 Å². The predicted molar refractivity (Wildman–Crippen MR) is 97.2 cm³/mol. The number of hydrogen-bond acceptors (Lipinski definition) is 3. The van der Waals surface area contributed by atoms with Crippen molar-refractivity contribution in [2.24, 2.45) is 0 Å². The summed E-state index contributed by atoms with van der Waals surface area (Å²) in [4.78, 5) is 25.1. The van der Waals surface area contributed by atoms with Crippen LogP contribution in [-0.4, -0.2) is 21.1 Å². The maximum Gasteiger partial charge on any atom is 0.406 e. The van der Waals surface area contributed by atoms with Crippen molar-refractivity contribution in [3.05, 3.63) is 69.3 Å². The number of aromatic nitrogens is 2. The lowest BCUT2D eigenvalue weighted by Crippen LogP contribution is -2.20. The molecule has 0 unspecified atom stereocenters. The van der Waals surface area contributed by atoms with Crippen molar-refractivity contribution >= 4 is 16.7 Å². The molecule has 2 heterocycles. The number of halogens is 3. The third-order valence-corrected chi connectivity index (χ3v) is 4.63. The van der Waals surface area contributed by atoms with Crippen LogP contribution in [0.15, 0.2) is 41.3 Å². The number of nitrogens with zero attached hydrogens (tertiary/aromatic N) is 3. The number of ketones is 1. The molecule has 0 aliphatic carbocycles. The van der Waals surface area contributed by atoms with E-state index in [0.29, 0.717) is 16.6 Å². The highest BCUT2D eigenvalue weighted by Crippen LogP contribution is 2.24. The van der Waals surface area contributed by atoms with Crippen LogP contribution in [0.5, 0.6) is 0 Å². The summed E-state index contributed by atoms with van der Waals surface area (Å²) in [6, 6.07) is 9.82. The summed E-state index contributed by atoms with van der Waals surface area (Å²) in [6.45, 7) is 1.61. The molecule has 0 saturated carbocycles. The molecule has 0 bridgehead atoms. The largest absolute Gasteiger partial charge is 0.406 e. The van der Waals surface area contributed by atoms with Gasteiger partial charge in [0.2, 0.25) is 5.43 Å². The summed E-state index contributed by atoms with van der Waals surface area (Å²) < 4.78 is 40.9. The summed E-state index contributed by atoms with van der Waals surface area (Å²) in [5.74, 6) is -0.404. The minimum Gasteiger partial charge on any atom is -0.339 e. The van der Waals surface area contributed by atoms with Crippen LogP contribution in [0.3, 0.4) is 0 Å². The molecule has 0 saturated heterocycles. The van der Waals surface area contributed by atoms with Crippen LogP contribution >= 0.6 is 0 Å². The van der Waals surface area contributed by atoms with Gasteiger partial charge in [0.1, 0.15) is 18.2 Å². The van der Waals surface area contributed by atoms with Crippen molar-refractivity contribution < 1.29 is 18.0 Å². The number of fused-ring (bicyclic) bond motifs is 1. The van der Waals surface area contributed by atoms with Gasteiger partial charge >= 0.3 is 6.18 Å². The lowest BCUT2D eigenvalue weighted by Gasteiger charge is -2.13. The zero-order valence-electron chi connectivity index (χ0n) is 15.2. The van der Waals surface area contributed by atoms with Crippen molar-refractivity contribution in [2.75, 3.05) is 0 Å². The van der Waals surface area contributed by atoms with Gasteiger partial charge in [-0.05, 0) is 32.0 Å². The standard InChI is InChI=1S/C20H16F3N3O2/c1-12-7-16(13(2)26(12)11-20(21,22)23)18(27)10-25-9-14(8-24)19(28)15-5-3-4-6-17(15)25/h3-7,9H,10-11H2,1-2H3. The molecule has 0 radical (unpaired) electrons. The maximum atomic E-state index is 12.8. The van der Waals surface area contributed by atoms with E-state index in [2.05, 4.69) is 0 Å². The van der Waals surface area contributed by atoms with E-state index in [4.69, 9.17) is 0 Å². The summed E-state index contributed by atoms with van der Waals surface area (Å²) in [6.07, 6.45) is -3.09. The van der Waals surface area contributed by atoms with Crippen LogP contribution in [0, 0.1) is 25.2 Å². The molecule has 8 heteroatoms. The molecule has 0 amide bonds. The second kappa shape index (κ2) is 7.00. The second-order valence-corrected chi connectivity index (χ2v) is 6.54. The Balaban J connectivity index is 2.04. The Bertz CT molecular complexity index is 1180. The summed E-state index contributed by atoms with van der Waals surface area (Å²) in [5.41, 5.74) is 0.692. The molecule has 3 aromatic rings. The van der Waals surface area contributed by atoms with Gasteiger partial charge in [-0.3, -0.25) is 9.59 Å². The van der Waals surface area contributed by atoms with Crippen LogP contribution < -0.4 is 5.43 Å². The lowest BCUT2D eigenvalue weighted by molar-refractivity contribution is -0.141. The second-order valence-electron chi connectivity index (χ2n) is 6.54. The first-order chi connectivity index (χ1) is 13.1. The molecule has 0 spiro atoms. The first-order valence-electron chi connectivity index (χ1n) is 8.41. The highest BCUT2D eigenvalue weighted by atomic mass is 19.4. The van der Waals surface area contributed by atoms with Gasteiger partial charge in [0, 0.05) is 28.5 Å². The Morgan fingerprint density at radius 3 is 2.54 bits per heavy atom. The Labute approximate surface area is 158 Å². The number of rotatable bonds is 4. The summed E-state index contributed by atoms with van der Waals surface area (Å²) in [7, 11) is 0. The average Bonchev–Trinajstić information content (AvgIpc) is 2.91. The zero-order valence-corrected chi connectivity index (χ0v) is 15.2. The topological polar surface area (TPSA) is 67.8 Å². The fourth-order valence-electron chi connectivity index (χ4n) is 3.30.